The topological polar surface area (TPSA) is 53.2 Å². The Morgan fingerprint density at radius 2 is 1.65 bits per heavy atom. The Balaban J connectivity index is 2.03. The van der Waals surface area contributed by atoms with Gasteiger partial charge in [0.1, 0.15) is 0 Å². The van der Waals surface area contributed by atoms with Crippen molar-refractivity contribution in [2.45, 2.75) is 34.2 Å². The summed E-state index contributed by atoms with van der Waals surface area (Å²) in [5.74, 6) is -0.157. The van der Waals surface area contributed by atoms with E-state index in [-0.39, 0.29) is 23.9 Å². The number of carbonyl (C=O) groups is 1. The lowest BCUT2D eigenvalue weighted by Gasteiger charge is -2.25. The van der Waals surface area contributed by atoms with Crippen LogP contribution in [-0.2, 0) is 11.3 Å². The predicted octanol–water partition coefficient (Wildman–Crippen LogP) is 4.33. The van der Waals surface area contributed by atoms with Crippen molar-refractivity contribution in [1.82, 2.24) is 4.98 Å². The van der Waals surface area contributed by atoms with E-state index >= 15 is 0 Å². The van der Waals surface area contributed by atoms with Crippen molar-refractivity contribution in [3.8, 4) is 0 Å². The van der Waals surface area contributed by atoms with Crippen LogP contribution in [-0.4, -0.2) is 10.9 Å². The zero-order valence-corrected chi connectivity index (χ0v) is 15.7. The molecule has 0 fully saturated rings. The van der Waals surface area contributed by atoms with Crippen LogP contribution in [0.5, 0.6) is 0 Å². The minimum absolute atomic E-state index is 0.00254. The molecule has 0 unspecified atom stereocenters. The Morgan fingerprint density at radius 3 is 2.31 bits per heavy atom. The van der Waals surface area contributed by atoms with E-state index in [4.69, 9.17) is 0 Å². The third-order valence-electron chi connectivity index (χ3n) is 4.51. The van der Waals surface area contributed by atoms with Gasteiger partial charge in [0.2, 0.25) is 5.91 Å². The number of benzene rings is 2. The highest BCUT2D eigenvalue weighted by atomic mass is 16.2. The molecule has 1 heterocycles. The van der Waals surface area contributed by atoms with Gasteiger partial charge in [0, 0.05) is 22.7 Å². The van der Waals surface area contributed by atoms with Crippen LogP contribution in [0.2, 0.25) is 0 Å². The summed E-state index contributed by atoms with van der Waals surface area (Å²) in [4.78, 5) is 30.0. The number of H-pyrrole nitrogens is 1. The molecule has 1 N–H and O–H groups in total. The standard InChI is InChI=1S/C22H24N2O2/c1-14(2)22(26)24(19-9-6-15(3)7-10-19)13-18-12-17-8-5-16(4)11-20(17)23-21(18)25/h5-12,14H,13H2,1-4H3,(H,23,25). The van der Waals surface area contributed by atoms with Gasteiger partial charge >= 0.3 is 0 Å². The van der Waals surface area contributed by atoms with E-state index < -0.39 is 0 Å². The fourth-order valence-corrected chi connectivity index (χ4v) is 2.98. The van der Waals surface area contributed by atoms with E-state index in [1.54, 1.807) is 4.90 Å². The van der Waals surface area contributed by atoms with Crippen LogP contribution in [0.25, 0.3) is 10.9 Å². The Kier molecular flexibility index (Phi) is 4.94. The number of carbonyl (C=O) groups excluding carboxylic acids is 1. The van der Waals surface area contributed by atoms with E-state index in [2.05, 4.69) is 4.98 Å². The third kappa shape index (κ3) is 3.69. The fourth-order valence-electron chi connectivity index (χ4n) is 2.98. The Bertz CT molecular complexity index is 1000. The van der Waals surface area contributed by atoms with Crippen molar-refractivity contribution in [2.75, 3.05) is 4.90 Å². The molecule has 0 spiro atoms. The molecule has 0 saturated heterocycles. The van der Waals surface area contributed by atoms with Crippen LogP contribution in [0.1, 0.15) is 30.5 Å². The third-order valence-corrected chi connectivity index (χ3v) is 4.51. The smallest absolute Gasteiger partial charge is 0.253 e. The molecule has 0 bridgehead atoms. The normalized spacial score (nSPS) is 11.1. The second-order valence-electron chi connectivity index (χ2n) is 7.13. The maximum Gasteiger partial charge on any atom is 0.253 e. The van der Waals surface area contributed by atoms with Crippen LogP contribution < -0.4 is 10.5 Å². The van der Waals surface area contributed by atoms with Crippen LogP contribution in [0.4, 0.5) is 5.69 Å². The number of fused-ring (bicyclic) bond motifs is 1. The van der Waals surface area contributed by atoms with Gasteiger partial charge < -0.3 is 9.88 Å². The maximum atomic E-state index is 12.8. The number of nitrogens with one attached hydrogen (secondary N) is 1. The second-order valence-corrected chi connectivity index (χ2v) is 7.13. The van der Waals surface area contributed by atoms with Crippen molar-refractivity contribution in [3.63, 3.8) is 0 Å². The van der Waals surface area contributed by atoms with Crippen molar-refractivity contribution in [2.24, 2.45) is 5.92 Å². The molecule has 0 atom stereocenters. The first-order valence-electron chi connectivity index (χ1n) is 8.86. The first-order valence-corrected chi connectivity index (χ1v) is 8.86. The molecule has 4 heteroatoms. The molecule has 0 saturated carbocycles. The van der Waals surface area contributed by atoms with Gasteiger partial charge in [-0.1, -0.05) is 43.7 Å². The summed E-state index contributed by atoms with van der Waals surface area (Å²) in [5, 5.41) is 0.964. The van der Waals surface area contributed by atoms with Gasteiger partial charge in [-0.15, -0.1) is 0 Å². The number of nitrogens with zero attached hydrogens (tertiary/aromatic N) is 1. The summed E-state index contributed by atoms with van der Waals surface area (Å²) < 4.78 is 0. The number of aromatic nitrogens is 1. The summed E-state index contributed by atoms with van der Waals surface area (Å²) in [6.07, 6.45) is 0. The lowest BCUT2D eigenvalue weighted by Crippen LogP contribution is -2.35. The van der Waals surface area contributed by atoms with Gasteiger partial charge in [-0.2, -0.15) is 0 Å². The molecule has 3 aromatic rings. The number of rotatable bonds is 4. The molecule has 0 aliphatic heterocycles. The fraction of sp³-hybridized carbons (Fsp3) is 0.273. The van der Waals surface area contributed by atoms with E-state index in [0.29, 0.717) is 5.56 Å². The quantitative estimate of drug-likeness (QED) is 0.763. The average Bonchev–Trinajstić information content (AvgIpc) is 2.60. The average molecular weight is 348 g/mol. The SMILES string of the molecule is Cc1ccc(N(Cc2cc3ccc(C)cc3[nH]c2=O)C(=O)C(C)C)cc1. The van der Waals surface area contributed by atoms with Gasteiger partial charge in [0.05, 0.1) is 6.54 Å². The van der Waals surface area contributed by atoms with Crippen molar-refractivity contribution in [3.05, 3.63) is 75.6 Å². The molecule has 1 aromatic heterocycles. The molecule has 3 rings (SSSR count). The molecular formula is C22H24N2O2. The molecule has 1 amide bonds. The molecule has 0 radical (unpaired) electrons. The summed E-state index contributed by atoms with van der Waals surface area (Å²) in [6.45, 7) is 7.99. The van der Waals surface area contributed by atoms with E-state index in [9.17, 15) is 9.59 Å². The van der Waals surface area contributed by atoms with Crippen LogP contribution in [0, 0.1) is 19.8 Å². The molecule has 0 aliphatic rings. The number of aromatic amines is 1. The monoisotopic (exact) mass is 348 g/mol. The lowest BCUT2D eigenvalue weighted by molar-refractivity contribution is -0.121. The van der Waals surface area contributed by atoms with Crippen molar-refractivity contribution in [1.29, 1.82) is 0 Å². The summed E-state index contributed by atoms with van der Waals surface area (Å²) >= 11 is 0. The van der Waals surface area contributed by atoms with E-state index in [1.165, 1.54) is 0 Å². The van der Waals surface area contributed by atoms with Crippen molar-refractivity contribution >= 4 is 22.5 Å². The van der Waals surface area contributed by atoms with Crippen LogP contribution in [0.3, 0.4) is 0 Å². The van der Waals surface area contributed by atoms with E-state index in [1.807, 2.05) is 76.2 Å². The first-order chi connectivity index (χ1) is 12.3. The molecule has 4 nitrogen and oxygen atoms in total. The minimum Gasteiger partial charge on any atom is -0.322 e. The molecule has 2 aromatic carbocycles. The van der Waals surface area contributed by atoms with Crippen LogP contribution in [0.15, 0.2) is 53.3 Å². The number of anilines is 1. The van der Waals surface area contributed by atoms with Crippen molar-refractivity contribution < 1.29 is 4.79 Å². The minimum atomic E-state index is -0.156. The number of hydrogen-bond donors (Lipinski definition) is 1. The molecule has 134 valence electrons. The highest BCUT2D eigenvalue weighted by molar-refractivity contribution is 5.94. The van der Waals surface area contributed by atoms with Gasteiger partial charge in [0.15, 0.2) is 0 Å². The van der Waals surface area contributed by atoms with Gasteiger partial charge in [0.25, 0.3) is 5.56 Å². The second kappa shape index (κ2) is 7.16. The van der Waals surface area contributed by atoms with Crippen LogP contribution >= 0.6 is 0 Å². The first kappa shape index (κ1) is 17.9. The Labute approximate surface area is 153 Å². The summed E-state index contributed by atoms with van der Waals surface area (Å²) in [6, 6.07) is 15.6. The number of pyridine rings is 1. The zero-order chi connectivity index (χ0) is 18.8. The van der Waals surface area contributed by atoms with E-state index in [0.717, 1.165) is 27.7 Å². The van der Waals surface area contributed by atoms with Gasteiger partial charge in [-0.25, -0.2) is 0 Å². The van der Waals surface area contributed by atoms with Gasteiger partial charge in [-0.05, 0) is 49.1 Å². The maximum absolute atomic E-state index is 12.8. The lowest BCUT2D eigenvalue weighted by atomic mass is 10.1. The summed E-state index contributed by atoms with van der Waals surface area (Å²) in [5.41, 5.74) is 4.27. The highest BCUT2D eigenvalue weighted by Crippen LogP contribution is 2.21. The summed E-state index contributed by atoms with van der Waals surface area (Å²) in [7, 11) is 0. The molecule has 0 aliphatic carbocycles. The predicted molar refractivity (Wildman–Crippen MR) is 107 cm³/mol. The Hall–Kier alpha value is -2.88. The largest absolute Gasteiger partial charge is 0.322 e. The highest BCUT2D eigenvalue weighted by Gasteiger charge is 2.20. The Morgan fingerprint density at radius 1 is 1.00 bits per heavy atom. The number of hydrogen-bond acceptors (Lipinski definition) is 2. The van der Waals surface area contributed by atoms with Gasteiger partial charge in [-0.3, -0.25) is 9.59 Å². The zero-order valence-electron chi connectivity index (χ0n) is 15.7. The number of amides is 1. The number of aryl methyl sites for hydroxylation is 2. The molecule has 26 heavy (non-hydrogen) atoms. The molecular weight excluding hydrogens is 324 g/mol.